The van der Waals surface area contributed by atoms with Crippen molar-refractivity contribution in [2.24, 2.45) is 0 Å². The Kier molecular flexibility index (Phi) is 4.98. The van der Waals surface area contributed by atoms with E-state index in [2.05, 4.69) is 39.3 Å². The SMILES string of the molecule is CC(C)Nc1cc(NCCN(C)C)ncn1. The molecule has 0 saturated carbocycles. The summed E-state index contributed by atoms with van der Waals surface area (Å²) in [6.45, 7) is 6.03. The Balaban J connectivity index is 2.47. The molecular formula is C11H21N5. The summed E-state index contributed by atoms with van der Waals surface area (Å²) >= 11 is 0. The monoisotopic (exact) mass is 223 g/mol. The first-order valence-electron chi connectivity index (χ1n) is 5.55. The molecule has 1 heterocycles. The third-order valence-corrected chi connectivity index (χ3v) is 1.97. The molecule has 0 aliphatic rings. The average Bonchev–Trinajstić information content (AvgIpc) is 2.16. The lowest BCUT2D eigenvalue weighted by atomic mass is 10.4. The number of rotatable bonds is 6. The molecule has 0 saturated heterocycles. The molecule has 0 bridgehead atoms. The van der Waals surface area contributed by atoms with Gasteiger partial charge >= 0.3 is 0 Å². The second-order valence-electron chi connectivity index (χ2n) is 4.32. The van der Waals surface area contributed by atoms with Crippen LogP contribution >= 0.6 is 0 Å². The normalized spacial score (nSPS) is 10.9. The number of hydrogen-bond donors (Lipinski definition) is 2. The molecule has 0 aliphatic heterocycles. The van der Waals surface area contributed by atoms with Gasteiger partial charge in [0.1, 0.15) is 18.0 Å². The summed E-state index contributed by atoms with van der Waals surface area (Å²) in [6.07, 6.45) is 1.57. The van der Waals surface area contributed by atoms with E-state index in [9.17, 15) is 0 Å². The molecule has 0 radical (unpaired) electrons. The summed E-state index contributed by atoms with van der Waals surface area (Å²) in [6, 6.07) is 2.31. The molecule has 0 aromatic carbocycles. The fourth-order valence-corrected chi connectivity index (χ4v) is 1.24. The molecule has 90 valence electrons. The van der Waals surface area contributed by atoms with E-state index in [0.29, 0.717) is 6.04 Å². The molecule has 5 nitrogen and oxygen atoms in total. The van der Waals surface area contributed by atoms with E-state index in [4.69, 9.17) is 0 Å². The molecular weight excluding hydrogens is 202 g/mol. The number of anilines is 2. The van der Waals surface area contributed by atoms with E-state index >= 15 is 0 Å². The lowest BCUT2D eigenvalue weighted by Crippen LogP contribution is -2.21. The lowest BCUT2D eigenvalue weighted by molar-refractivity contribution is 0.425. The van der Waals surface area contributed by atoms with Gasteiger partial charge in [-0.1, -0.05) is 0 Å². The van der Waals surface area contributed by atoms with Gasteiger partial charge in [0, 0.05) is 25.2 Å². The van der Waals surface area contributed by atoms with Gasteiger partial charge in [-0.05, 0) is 27.9 Å². The topological polar surface area (TPSA) is 53.1 Å². The molecule has 16 heavy (non-hydrogen) atoms. The van der Waals surface area contributed by atoms with Crippen LogP contribution in [0.15, 0.2) is 12.4 Å². The first kappa shape index (κ1) is 12.7. The van der Waals surface area contributed by atoms with Crippen molar-refractivity contribution < 1.29 is 0 Å². The van der Waals surface area contributed by atoms with Crippen LogP contribution in [0, 0.1) is 0 Å². The van der Waals surface area contributed by atoms with Crippen molar-refractivity contribution in [1.29, 1.82) is 0 Å². The minimum atomic E-state index is 0.379. The predicted octanol–water partition coefficient (Wildman–Crippen LogP) is 1.27. The van der Waals surface area contributed by atoms with Crippen LogP contribution in [0.1, 0.15) is 13.8 Å². The molecule has 1 rings (SSSR count). The van der Waals surface area contributed by atoms with Crippen LogP contribution in [0.2, 0.25) is 0 Å². The van der Waals surface area contributed by atoms with Crippen LogP contribution in [0.5, 0.6) is 0 Å². The summed E-state index contributed by atoms with van der Waals surface area (Å²) in [5, 5.41) is 6.50. The van der Waals surface area contributed by atoms with Gasteiger partial charge in [0.25, 0.3) is 0 Å². The quantitative estimate of drug-likeness (QED) is 0.760. The Labute approximate surface area is 97.3 Å². The fraction of sp³-hybridized carbons (Fsp3) is 0.636. The van der Waals surface area contributed by atoms with Crippen molar-refractivity contribution >= 4 is 11.6 Å². The Morgan fingerprint density at radius 1 is 1.25 bits per heavy atom. The highest BCUT2D eigenvalue weighted by Crippen LogP contribution is 2.09. The Bertz CT molecular complexity index is 311. The van der Waals surface area contributed by atoms with Crippen molar-refractivity contribution in [1.82, 2.24) is 14.9 Å². The van der Waals surface area contributed by atoms with Crippen molar-refractivity contribution in [2.45, 2.75) is 19.9 Å². The standard InChI is InChI=1S/C11H21N5/c1-9(2)15-11-7-10(13-8-14-11)12-5-6-16(3)4/h7-9H,5-6H2,1-4H3,(H2,12,13,14,15). The molecule has 0 unspecified atom stereocenters. The first-order valence-corrected chi connectivity index (χ1v) is 5.55. The molecule has 0 atom stereocenters. The Morgan fingerprint density at radius 3 is 2.56 bits per heavy atom. The molecule has 5 heteroatoms. The smallest absolute Gasteiger partial charge is 0.131 e. The summed E-state index contributed by atoms with van der Waals surface area (Å²) in [5.41, 5.74) is 0. The van der Waals surface area contributed by atoms with Gasteiger partial charge in [0.2, 0.25) is 0 Å². The van der Waals surface area contributed by atoms with E-state index in [0.717, 1.165) is 24.7 Å². The van der Waals surface area contributed by atoms with Crippen LogP contribution in [0.3, 0.4) is 0 Å². The predicted molar refractivity (Wildman–Crippen MR) is 67.8 cm³/mol. The van der Waals surface area contributed by atoms with Crippen molar-refractivity contribution in [3.8, 4) is 0 Å². The van der Waals surface area contributed by atoms with Crippen molar-refractivity contribution in [2.75, 3.05) is 37.8 Å². The largest absolute Gasteiger partial charge is 0.369 e. The summed E-state index contributed by atoms with van der Waals surface area (Å²) in [5.74, 6) is 1.72. The van der Waals surface area contributed by atoms with Gasteiger partial charge in [0.15, 0.2) is 0 Å². The number of nitrogens with one attached hydrogen (secondary N) is 2. The first-order chi connectivity index (χ1) is 7.58. The molecule has 2 N–H and O–H groups in total. The maximum atomic E-state index is 4.16. The summed E-state index contributed by atoms with van der Waals surface area (Å²) in [7, 11) is 4.10. The Morgan fingerprint density at radius 2 is 1.94 bits per heavy atom. The third-order valence-electron chi connectivity index (χ3n) is 1.97. The average molecular weight is 223 g/mol. The van der Waals surface area contributed by atoms with Gasteiger partial charge in [-0.15, -0.1) is 0 Å². The molecule has 0 aliphatic carbocycles. The second-order valence-corrected chi connectivity index (χ2v) is 4.32. The maximum absolute atomic E-state index is 4.16. The fourth-order valence-electron chi connectivity index (χ4n) is 1.24. The van der Waals surface area contributed by atoms with Gasteiger partial charge in [0.05, 0.1) is 0 Å². The highest BCUT2D eigenvalue weighted by atomic mass is 15.1. The van der Waals surface area contributed by atoms with E-state index in [1.165, 1.54) is 0 Å². The Hall–Kier alpha value is -1.36. The number of aromatic nitrogens is 2. The number of hydrogen-bond acceptors (Lipinski definition) is 5. The number of nitrogens with zero attached hydrogens (tertiary/aromatic N) is 3. The second kappa shape index (κ2) is 6.27. The van der Waals surface area contributed by atoms with E-state index in [1.807, 2.05) is 20.2 Å². The van der Waals surface area contributed by atoms with Crippen LogP contribution in [-0.4, -0.2) is 48.1 Å². The van der Waals surface area contributed by atoms with Crippen LogP contribution in [-0.2, 0) is 0 Å². The van der Waals surface area contributed by atoms with Crippen LogP contribution in [0.25, 0.3) is 0 Å². The zero-order chi connectivity index (χ0) is 12.0. The molecule has 1 aromatic rings. The van der Waals surface area contributed by atoms with Gasteiger partial charge in [-0.3, -0.25) is 0 Å². The maximum Gasteiger partial charge on any atom is 0.131 e. The van der Waals surface area contributed by atoms with Crippen molar-refractivity contribution in [3.63, 3.8) is 0 Å². The molecule has 0 amide bonds. The van der Waals surface area contributed by atoms with E-state index in [1.54, 1.807) is 6.33 Å². The molecule has 0 fully saturated rings. The lowest BCUT2D eigenvalue weighted by Gasteiger charge is -2.12. The highest BCUT2D eigenvalue weighted by molar-refractivity contribution is 5.46. The van der Waals surface area contributed by atoms with E-state index < -0.39 is 0 Å². The molecule has 0 spiro atoms. The summed E-state index contributed by atoms with van der Waals surface area (Å²) in [4.78, 5) is 10.4. The zero-order valence-electron chi connectivity index (χ0n) is 10.5. The van der Waals surface area contributed by atoms with Gasteiger partial charge < -0.3 is 15.5 Å². The van der Waals surface area contributed by atoms with Crippen LogP contribution in [0.4, 0.5) is 11.6 Å². The zero-order valence-corrected chi connectivity index (χ0v) is 10.5. The van der Waals surface area contributed by atoms with Gasteiger partial charge in [-0.25, -0.2) is 9.97 Å². The van der Waals surface area contributed by atoms with Gasteiger partial charge in [-0.2, -0.15) is 0 Å². The third kappa shape index (κ3) is 4.93. The summed E-state index contributed by atoms with van der Waals surface area (Å²) < 4.78 is 0. The minimum Gasteiger partial charge on any atom is -0.369 e. The van der Waals surface area contributed by atoms with Crippen molar-refractivity contribution in [3.05, 3.63) is 12.4 Å². The minimum absolute atomic E-state index is 0.379. The van der Waals surface area contributed by atoms with E-state index in [-0.39, 0.29) is 0 Å². The number of likely N-dealkylation sites (N-methyl/N-ethyl adjacent to an activating group) is 1. The molecule has 1 aromatic heterocycles. The van der Waals surface area contributed by atoms with Crippen LogP contribution < -0.4 is 10.6 Å². The highest BCUT2D eigenvalue weighted by Gasteiger charge is 1.99.